The molecule has 0 aliphatic rings. The molecule has 0 radical (unpaired) electrons. The second kappa shape index (κ2) is 4.12. The third-order valence-electron chi connectivity index (χ3n) is 3.04. The number of hydrogen-bond acceptors (Lipinski definition) is 3. The number of aryl methyl sites for hydroxylation is 2. The summed E-state index contributed by atoms with van der Waals surface area (Å²) < 4.78 is 7.25. The van der Waals surface area contributed by atoms with Crippen LogP contribution in [0.3, 0.4) is 0 Å². The summed E-state index contributed by atoms with van der Waals surface area (Å²) in [5.41, 5.74) is 3.90. The molecule has 0 N–H and O–H groups in total. The van der Waals surface area contributed by atoms with Gasteiger partial charge < -0.3 is 9.09 Å². The molecule has 2 aromatic heterocycles. The number of rotatable bonds is 3. The van der Waals surface area contributed by atoms with Crippen molar-refractivity contribution < 1.29 is 4.52 Å². The first kappa shape index (κ1) is 10.9. The van der Waals surface area contributed by atoms with Gasteiger partial charge in [0.1, 0.15) is 0 Å². The Morgan fingerprint density at radius 3 is 2.56 bits per heavy atom. The van der Waals surface area contributed by atoms with Crippen molar-refractivity contribution in [1.29, 1.82) is 0 Å². The Labute approximate surface area is 95.3 Å². The van der Waals surface area contributed by atoms with Gasteiger partial charge in [0, 0.05) is 18.3 Å². The van der Waals surface area contributed by atoms with E-state index in [1.165, 1.54) is 16.8 Å². The lowest BCUT2D eigenvalue weighted by atomic mass is 10.2. The van der Waals surface area contributed by atoms with Gasteiger partial charge in [-0.3, -0.25) is 0 Å². The van der Waals surface area contributed by atoms with E-state index in [0.29, 0.717) is 12.4 Å². The van der Waals surface area contributed by atoms with Gasteiger partial charge in [0.15, 0.2) is 5.82 Å². The fourth-order valence-electron chi connectivity index (χ4n) is 1.74. The summed E-state index contributed by atoms with van der Waals surface area (Å²) in [5.74, 6) is 1.45. The van der Waals surface area contributed by atoms with Crippen molar-refractivity contribution in [2.45, 2.75) is 40.7 Å². The molecule has 16 heavy (non-hydrogen) atoms. The standard InChI is InChI=1S/C12H17N3O/c1-5-12-13-11(14-16-12)7-15-6-8(2)9(3)10(15)4/h6H,5,7H2,1-4H3. The first-order chi connectivity index (χ1) is 7.61. The van der Waals surface area contributed by atoms with E-state index in [-0.39, 0.29) is 0 Å². The maximum Gasteiger partial charge on any atom is 0.226 e. The zero-order valence-electron chi connectivity index (χ0n) is 10.2. The van der Waals surface area contributed by atoms with Gasteiger partial charge in [0.2, 0.25) is 5.89 Å². The summed E-state index contributed by atoms with van der Waals surface area (Å²) in [6, 6.07) is 0. The molecule has 4 nitrogen and oxygen atoms in total. The fourth-order valence-corrected chi connectivity index (χ4v) is 1.74. The second-order valence-corrected chi connectivity index (χ2v) is 4.11. The van der Waals surface area contributed by atoms with E-state index in [2.05, 4.69) is 41.7 Å². The zero-order chi connectivity index (χ0) is 11.7. The zero-order valence-corrected chi connectivity index (χ0v) is 10.2. The molecule has 2 aromatic rings. The van der Waals surface area contributed by atoms with Crippen LogP contribution in [0.1, 0.15) is 35.5 Å². The average Bonchev–Trinajstić information content (AvgIpc) is 2.81. The van der Waals surface area contributed by atoms with Crippen molar-refractivity contribution in [1.82, 2.24) is 14.7 Å². The van der Waals surface area contributed by atoms with E-state index in [4.69, 9.17) is 4.52 Å². The van der Waals surface area contributed by atoms with E-state index in [9.17, 15) is 0 Å². The second-order valence-electron chi connectivity index (χ2n) is 4.11. The molecule has 0 amide bonds. The highest BCUT2D eigenvalue weighted by molar-refractivity contribution is 5.29. The number of hydrogen-bond donors (Lipinski definition) is 0. The van der Waals surface area contributed by atoms with Crippen LogP contribution in [-0.4, -0.2) is 14.7 Å². The van der Waals surface area contributed by atoms with Gasteiger partial charge in [-0.25, -0.2) is 0 Å². The van der Waals surface area contributed by atoms with Crippen LogP contribution in [0.2, 0.25) is 0 Å². The molecule has 0 atom stereocenters. The van der Waals surface area contributed by atoms with Crippen LogP contribution < -0.4 is 0 Å². The molecule has 2 rings (SSSR count). The van der Waals surface area contributed by atoms with Crippen LogP contribution in [0.15, 0.2) is 10.7 Å². The molecule has 2 heterocycles. The van der Waals surface area contributed by atoms with Crippen molar-refractivity contribution in [2.75, 3.05) is 0 Å². The van der Waals surface area contributed by atoms with Crippen LogP contribution in [0.25, 0.3) is 0 Å². The molecule has 0 fully saturated rings. The van der Waals surface area contributed by atoms with E-state index in [1.807, 2.05) is 6.92 Å². The maximum absolute atomic E-state index is 5.09. The Morgan fingerprint density at radius 2 is 2.06 bits per heavy atom. The van der Waals surface area contributed by atoms with Crippen LogP contribution in [-0.2, 0) is 13.0 Å². The molecule has 0 bridgehead atoms. The van der Waals surface area contributed by atoms with Gasteiger partial charge in [0.05, 0.1) is 6.54 Å². The molecule has 0 aliphatic heterocycles. The molecule has 0 aromatic carbocycles. The van der Waals surface area contributed by atoms with Gasteiger partial charge >= 0.3 is 0 Å². The minimum Gasteiger partial charge on any atom is -0.343 e. The normalized spacial score (nSPS) is 11.0. The highest BCUT2D eigenvalue weighted by Gasteiger charge is 2.09. The molecule has 0 unspecified atom stereocenters. The molecule has 0 saturated heterocycles. The molecular weight excluding hydrogens is 202 g/mol. The van der Waals surface area contributed by atoms with Gasteiger partial charge in [-0.05, 0) is 31.9 Å². The lowest BCUT2D eigenvalue weighted by Gasteiger charge is -2.01. The van der Waals surface area contributed by atoms with Gasteiger partial charge in [-0.2, -0.15) is 4.98 Å². The van der Waals surface area contributed by atoms with Crippen molar-refractivity contribution >= 4 is 0 Å². The summed E-state index contributed by atoms with van der Waals surface area (Å²) in [6.45, 7) is 9.06. The SMILES string of the molecule is CCc1nc(Cn2cc(C)c(C)c2C)no1. The number of nitrogens with zero attached hydrogens (tertiary/aromatic N) is 3. The van der Waals surface area contributed by atoms with Crippen LogP contribution in [0, 0.1) is 20.8 Å². The third-order valence-corrected chi connectivity index (χ3v) is 3.04. The lowest BCUT2D eigenvalue weighted by Crippen LogP contribution is -2.02. The van der Waals surface area contributed by atoms with Crippen LogP contribution in [0.4, 0.5) is 0 Å². The molecule has 4 heteroatoms. The maximum atomic E-state index is 5.09. The van der Waals surface area contributed by atoms with Gasteiger partial charge in [-0.1, -0.05) is 12.1 Å². The molecule has 0 aliphatic carbocycles. The van der Waals surface area contributed by atoms with Crippen molar-refractivity contribution in [3.63, 3.8) is 0 Å². The molecular formula is C12H17N3O. The first-order valence-corrected chi connectivity index (χ1v) is 5.56. The van der Waals surface area contributed by atoms with Crippen LogP contribution >= 0.6 is 0 Å². The Kier molecular flexibility index (Phi) is 2.81. The summed E-state index contributed by atoms with van der Waals surface area (Å²) in [5, 5.41) is 3.96. The summed E-state index contributed by atoms with van der Waals surface area (Å²) >= 11 is 0. The lowest BCUT2D eigenvalue weighted by molar-refractivity contribution is 0.375. The van der Waals surface area contributed by atoms with Crippen molar-refractivity contribution in [3.8, 4) is 0 Å². The molecule has 86 valence electrons. The van der Waals surface area contributed by atoms with Crippen molar-refractivity contribution in [3.05, 3.63) is 34.7 Å². The Hall–Kier alpha value is -1.58. The minimum absolute atomic E-state index is 0.685. The predicted octanol–water partition coefficient (Wildman–Crippen LogP) is 2.41. The quantitative estimate of drug-likeness (QED) is 0.796. The topological polar surface area (TPSA) is 43.9 Å². The monoisotopic (exact) mass is 219 g/mol. The highest BCUT2D eigenvalue weighted by atomic mass is 16.5. The first-order valence-electron chi connectivity index (χ1n) is 5.56. The largest absolute Gasteiger partial charge is 0.343 e. The van der Waals surface area contributed by atoms with Gasteiger partial charge in [-0.15, -0.1) is 0 Å². The Morgan fingerprint density at radius 1 is 1.31 bits per heavy atom. The highest BCUT2D eigenvalue weighted by Crippen LogP contribution is 2.15. The van der Waals surface area contributed by atoms with E-state index >= 15 is 0 Å². The van der Waals surface area contributed by atoms with Gasteiger partial charge in [0.25, 0.3) is 0 Å². The summed E-state index contributed by atoms with van der Waals surface area (Å²) in [6.07, 6.45) is 2.92. The predicted molar refractivity (Wildman–Crippen MR) is 61.4 cm³/mol. The third kappa shape index (κ3) is 1.87. The molecule has 0 saturated carbocycles. The van der Waals surface area contributed by atoms with E-state index in [1.54, 1.807) is 0 Å². The Balaban J connectivity index is 2.23. The minimum atomic E-state index is 0.685. The van der Waals surface area contributed by atoms with E-state index in [0.717, 1.165) is 12.2 Å². The summed E-state index contributed by atoms with van der Waals surface area (Å²) in [7, 11) is 0. The number of aromatic nitrogens is 3. The smallest absolute Gasteiger partial charge is 0.226 e. The van der Waals surface area contributed by atoms with E-state index < -0.39 is 0 Å². The molecule has 0 spiro atoms. The van der Waals surface area contributed by atoms with Crippen LogP contribution in [0.5, 0.6) is 0 Å². The summed E-state index contributed by atoms with van der Waals surface area (Å²) in [4.78, 5) is 4.31. The van der Waals surface area contributed by atoms with Crippen molar-refractivity contribution in [2.24, 2.45) is 0 Å². The average molecular weight is 219 g/mol. The fraction of sp³-hybridized carbons (Fsp3) is 0.500. The Bertz CT molecular complexity index is 496.